The van der Waals surface area contributed by atoms with Crippen LogP contribution in [0.1, 0.15) is 62.4 Å². The van der Waals surface area contributed by atoms with Crippen LogP contribution in [0.25, 0.3) is 11.1 Å². The van der Waals surface area contributed by atoms with Gasteiger partial charge in [-0.05, 0) is 44.0 Å². The Bertz CT molecular complexity index is 1790. The fourth-order valence-electron chi connectivity index (χ4n) is 5.94. The van der Waals surface area contributed by atoms with Crippen molar-refractivity contribution >= 4 is 27.7 Å². The average Bonchev–Trinajstić information content (AvgIpc) is 3.32. The smallest absolute Gasteiger partial charge is 0.314 e. The third kappa shape index (κ3) is 7.54. The molecule has 4 rings (SSSR count). The molecule has 0 saturated carbocycles. The number of nitrogens with zero attached hydrogens (tertiary/aromatic N) is 2. The number of sulfonamides is 1. The maximum Gasteiger partial charge on any atom is 0.314 e. The molecule has 1 aromatic heterocycles. The number of hydrogen-bond acceptors (Lipinski definition) is 6. The van der Waals surface area contributed by atoms with Crippen LogP contribution in [0.15, 0.2) is 82.2 Å². The monoisotopic (exact) mass is 649 g/mol. The predicted molar refractivity (Wildman–Crippen MR) is 175 cm³/mol. The molecule has 1 unspecified atom stereocenters. The zero-order valence-electron chi connectivity index (χ0n) is 26.9. The Hall–Kier alpha value is -4.35. The number of nitrogens with one attached hydrogen (secondary N) is 1. The lowest BCUT2D eigenvalue weighted by atomic mass is 9.94. The molecule has 3 aromatic carbocycles. The number of hydrogen-bond donors (Lipinski definition) is 2. The summed E-state index contributed by atoms with van der Waals surface area (Å²) in [6, 6.07) is 19.0. The van der Waals surface area contributed by atoms with Crippen molar-refractivity contribution in [1.29, 1.82) is 0 Å². The molecule has 11 heteroatoms. The SMILES string of the molecule is CCCCC(=O)[N+](Cc1ccc(F)cc1)(Cc1ccc(-c2ccccc2S(=O)(=O)Nc2onc(C)c2C)cc1)[C@H](C(N)=O)C(C)C. The minimum Gasteiger partial charge on any atom is -0.364 e. The minimum absolute atomic E-state index is 0.0554. The molecular formula is C35H42FN4O5S+. The first-order chi connectivity index (χ1) is 21.8. The van der Waals surface area contributed by atoms with Crippen LogP contribution in [0.3, 0.4) is 0 Å². The van der Waals surface area contributed by atoms with E-state index in [0.29, 0.717) is 34.4 Å². The summed E-state index contributed by atoms with van der Waals surface area (Å²) >= 11 is 0. The first-order valence-electron chi connectivity index (χ1n) is 15.4. The Labute approximate surface area is 270 Å². The van der Waals surface area contributed by atoms with E-state index in [9.17, 15) is 22.4 Å². The van der Waals surface area contributed by atoms with Gasteiger partial charge in [-0.15, -0.1) is 0 Å². The highest BCUT2D eigenvalue weighted by atomic mass is 32.2. The molecule has 3 N–H and O–H groups in total. The van der Waals surface area contributed by atoms with E-state index in [0.717, 1.165) is 12.0 Å². The van der Waals surface area contributed by atoms with Gasteiger partial charge in [0.05, 0.1) is 17.0 Å². The molecule has 244 valence electrons. The van der Waals surface area contributed by atoms with Gasteiger partial charge in [0.2, 0.25) is 5.88 Å². The summed E-state index contributed by atoms with van der Waals surface area (Å²) in [6.45, 7) is 9.51. The standard InChI is InChI=1S/C35H41FN4O5S/c1-6-7-12-32(41)40(33(23(2)3)34(37)42,22-27-15-19-29(36)20-16-27)21-26-13-17-28(18-14-26)30-10-8-9-11-31(30)46(43,44)39-35-24(4)25(5)38-45-35/h8-11,13-20,23,33H,6-7,12,21-22H2,1-5H3,(H2-,37,38,39,42)/p+1/t33-,40?/m0/s1. The predicted octanol–water partition coefficient (Wildman–Crippen LogP) is 6.64. The third-order valence-electron chi connectivity index (χ3n) is 8.36. The molecule has 0 aliphatic carbocycles. The van der Waals surface area contributed by atoms with Gasteiger partial charge >= 0.3 is 5.91 Å². The van der Waals surface area contributed by atoms with Crippen LogP contribution < -0.4 is 10.5 Å². The summed E-state index contributed by atoms with van der Waals surface area (Å²) in [6.07, 6.45) is 1.71. The Morgan fingerprint density at radius 3 is 2.07 bits per heavy atom. The quantitative estimate of drug-likeness (QED) is 0.147. The maximum atomic E-state index is 14.2. The number of anilines is 1. The number of quaternary nitrogens is 1. The second kappa shape index (κ2) is 14.4. The summed E-state index contributed by atoms with van der Waals surface area (Å²) in [4.78, 5) is 27.3. The largest absolute Gasteiger partial charge is 0.364 e. The Morgan fingerprint density at radius 1 is 0.957 bits per heavy atom. The van der Waals surface area contributed by atoms with Gasteiger partial charge in [-0.1, -0.05) is 86.9 Å². The van der Waals surface area contributed by atoms with Gasteiger partial charge in [0.15, 0.2) is 6.04 Å². The number of unbranched alkanes of at least 4 members (excludes halogenated alkanes) is 1. The van der Waals surface area contributed by atoms with Gasteiger partial charge < -0.3 is 10.3 Å². The van der Waals surface area contributed by atoms with Gasteiger partial charge in [0.25, 0.3) is 15.9 Å². The Balaban J connectivity index is 1.76. The number of amides is 2. The highest BCUT2D eigenvalue weighted by molar-refractivity contribution is 7.92. The van der Waals surface area contributed by atoms with Crippen LogP contribution in [-0.4, -0.2) is 35.9 Å². The van der Waals surface area contributed by atoms with Crippen molar-refractivity contribution in [3.05, 3.63) is 101 Å². The molecule has 1 heterocycles. The van der Waals surface area contributed by atoms with Gasteiger partial charge in [0, 0.05) is 28.2 Å². The molecule has 9 nitrogen and oxygen atoms in total. The topological polar surface area (TPSA) is 132 Å². The molecule has 0 radical (unpaired) electrons. The van der Waals surface area contributed by atoms with Gasteiger partial charge in [-0.25, -0.2) is 26.8 Å². The molecular weight excluding hydrogens is 607 g/mol. The number of aromatic nitrogens is 1. The molecule has 0 aliphatic rings. The van der Waals surface area contributed by atoms with E-state index >= 15 is 0 Å². The van der Waals surface area contributed by atoms with Gasteiger partial charge in [-0.3, -0.25) is 4.79 Å². The molecule has 2 amide bonds. The number of carbonyl (C=O) groups is 2. The molecule has 0 spiro atoms. The fraction of sp³-hybridized carbons (Fsp3) is 0.343. The van der Waals surface area contributed by atoms with E-state index in [4.69, 9.17) is 10.3 Å². The van der Waals surface area contributed by atoms with E-state index in [1.54, 1.807) is 56.3 Å². The second-order valence-electron chi connectivity index (χ2n) is 12.1. The zero-order chi connectivity index (χ0) is 33.6. The van der Waals surface area contributed by atoms with Crippen molar-refractivity contribution in [2.75, 3.05) is 4.72 Å². The van der Waals surface area contributed by atoms with E-state index in [2.05, 4.69) is 9.88 Å². The van der Waals surface area contributed by atoms with Crippen LogP contribution in [0.5, 0.6) is 0 Å². The normalized spacial score (nSPS) is 13.7. The first-order valence-corrected chi connectivity index (χ1v) is 16.8. The molecule has 0 saturated heterocycles. The summed E-state index contributed by atoms with van der Waals surface area (Å²) < 4.78 is 48.2. The summed E-state index contributed by atoms with van der Waals surface area (Å²) in [5.41, 5.74) is 9.76. The molecule has 0 aliphatic heterocycles. The van der Waals surface area contributed by atoms with Crippen LogP contribution in [-0.2, 0) is 32.7 Å². The average molecular weight is 650 g/mol. The highest BCUT2D eigenvalue weighted by Crippen LogP contribution is 2.33. The Morgan fingerprint density at radius 2 is 1.54 bits per heavy atom. The van der Waals surface area contributed by atoms with Crippen molar-refractivity contribution in [2.24, 2.45) is 11.7 Å². The lowest BCUT2D eigenvalue weighted by molar-refractivity contribution is -0.900. The maximum absolute atomic E-state index is 14.2. The van der Waals surface area contributed by atoms with E-state index in [1.165, 1.54) is 18.2 Å². The van der Waals surface area contributed by atoms with E-state index < -0.39 is 27.8 Å². The summed E-state index contributed by atoms with van der Waals surface area (Å²) in [7, 11) is -4.04. The highest BCUT2D eigenvalue weighted by Gasteiger charge is 2.48. The van der Waals surface area contributed by atoms with Crippen molar-refractivity contribution in [2.45, 2.75) is 77.9 Å². The van der Waals surface area contributed by atoms with Crippen molar-refractivity contribution in [1.82, 2.24) is 5.16 Å². The Kier molecular flexibility index (Phi) is 10.8. The first kappa shape index (κ1) is 34.5. The van der Waals surface area contributed by atoms with Crippen LogP contribution in [0.4, 0.5) is 10.3 Å². The lowest BCUT2D eigenvalue weighted by Crippen LogP contribution is -2.64. The fourth-order valence-corrected chi connectivity index (χ4v) is 7.21. The summed E-state index contributed by atoms with van der Waals surface area (Å²) in [5.74, 6) is -1.30. The van der Waals surface area contributed by atoms with Gasteiger partial charge in [0.1, 0.15) is 18.9 Å². The van der Waals surface area contributed by atoms with E-state index in [-0.39, 0.29) is 46.6 Å². The molecule has 4 aromatic rings. The molecule has 46 heavy (non-hydrogen) atoms. The van der Waals surface area contributed by atoms with E-state index in [1.807, 2.05) is 32.9 Å². The number of nitrogens with two attached hydrogens (primary N) is 1. The number of carbonyl (C=O) groups excluding carboxylic acids is 2. The zero-order valence-corrected chi connectivity index (χ0v) is 27.7. The van der Waals surface area contributed by atoms with Crippen molar-refractivity contribution < 1.29 is 31.4 Å². The number of halogens is 1. The second-order valence-corrected chi connectivity index (χ2v) is 13.7. The lowest BCUT2D eigenvalue weighted by Gasteiger charge is -2.43. The van der Waals surface area contributed by atoms with Crippen molar-refractivity contribution in [3.8, 4) is 11.1 Å². The van der Waals surface area contributed by atoms with Crippen molar-refractivity contribution in [3.63, 3.8) is 0 Å². The molecule has 0 fully saturated rings. The number of aryl methyl sites for hydroxylation is 1. The number of benzene rings is 3. The summed E-state index contributed by atoms with van der Waals surface area (Å²) in [5, 5.41) is 3.83. The number of primary amides is 1. The molecule has 0 bridgehead atoms. The van der Waals surface area contributed by atoms with Crippen LogP contribution in [0, 0.1) is 25.6 Å². The van der Waals surface area contributed by atoms with Crippen LogP contribution in [0.2, 0.25) is 0 Å². The van der Waals surface area contributed by atoms with Crippen LogP contribution >= 0.6 is 0 Å². The number of rotatable bonds is 14. The molecule has 2 atom stereocenters. The third-order valence-corrected chi connectivity index (χ3v) is 9.75. The van der Waals surface area contributed by atoms with Gasteiger partial charge in [-0.2, -0.15) is 0 Å². The minimum atomic E-state index is -4.04.